The zero-order valence-corrected chi connectivity index (χ0v) is 11.5. The normalized spacial score (nSPS) is 17.6. The Morgan fingerprint density at radius 2 is 1.59 bits per heavy atom. The highest BCUT2D eigenvalue weighted by atomic mass is 15.1. The molecule has 1 saturated carbocycles. The van der Waals surface area contributed by atoms with Crippen LogP contribution in [0.15, 0.2) is 18.2 Å². The number of nitrogens with zero attached hydrogens (tertiary/aromatic N) is 1. The molecular formula is C16H25N. The van der Waals surface area contributed by atoms with Crippen LogP contribution in [0.25, 0.3) is 0 Å². The molecule has 0 spiro atoms. The van der Waals surface area contributed by atoms with Crippen molar-refractivity contribution in [1.29, 1.82) is 0 Å². The zero-order chi connectivity index (χ0) is 12.3. The Balaban J connectivity index is 1.99. The Morgan fingerprint density at radius 3 is 2.18 bits per heavy atom. The van der Waals surface area contributed by atoms with Crippen LogP contribution in [0.2, 0.25) is 0 Å². The van der Waals surface area contributed by atoms with E-state index in [9.17, 15) is 0 Å². The highest BCUT2D eigenvalue weighted by molar-refractivity contribution is 5.28. The van der Waals surface area contributed by atoms with Crippen molar-refractivity contribution < 1.29 is 0 Å². The molecule has 17 heavy (non-hydrogen) atoms. The van der Waals surface area contributed by atoms with Crippen LogP contribution in [-0.2, 0) is 6.54 Å². The lowest BCUT2D eigenvalue weighted by molar-refractivity contribution is 0.184. The van der Waals surface area contributed by atoms with Crippen LogP contribution in [0.3, 0.4) is 0 Å². The lowest BCUT2D eigenvalue weighted by atomic mass is 9.94. The third kappa shape index (κ3) is 3.57. The van der Waals surface area contributed by atoms with Crippen molar-refractivity contribution in [3.05, 3.63) is 34.9 Å². The van der Waals surface area contributed by atoms with Gasteiger partial charge in [-0.2, -0.15) is 0 Å². The Hall–Kier alpha value is -0.820. The summed E-state index contributed by atoms with van der Waals surface area (Å²) in [6.07, 6.45) is 7.06. The van der Waals surface area contributed by atoms with E-state index < -0.39 is 0 Å². The number of benzene rings is 1. The molecule has 0 radical (unpaired) electrons. The quantitative estimate of drug-likeness (QED) is 0.758. The van der Waals surface area contributed by atoms with Crippen LogP contribution in [0.5, 0.6) is 0 Å². The maximum atomic E-state index is 2.55. The third-order valence-electron chi connectivity index (χ3n) is 3.91. The number of hydrogen-bond donors (Lipinski definition) is 0. The van der Waals surface area contributed by atoms with E-state index in [1.807, 2.05) is 0 Å². The predicted molar refractivity (Wildman–Crippen MR) is 74.3 cm³/mol. The van der Waals surface area contributed by atoms with Gasteiger partial charge in [0, 0.05) is 12.6 Å². The highest BCUT2D eigenvalue weighted by Crippen LogP contribution is 2.23. The van der Waals surface area contributed by atoms with Gasteiger partial charge in [0.15, 0.2) is 0 Å². The van der Waals surface area contributed by atoms with Gasteiger partial charge in [-0.25, -0.2) is 0 Å². The topological polar surface area (TPSA) is 3.24 Å². The fraction of sp³-hybridized carbons (Fsp3) is 0.625. The van der Waals surface area contributed by atoms with Gasteiger partial charge < -0.3 is 0 Å². The van der Waals surface area contributed by atoms with Crippen molar-refractivity contribution in [2.24, 2.45) is 0 Å². The number of hydrogen-bond acceptors (Lipinski definition) is 1. The summed E-state index contributed by atoms with van der Waals surface area (Å²) in [5, 5.41) is 0. The summed E-state index contributed by atoms with van der Waals surface area (Å²) in [6.45, 7) is 5.49. The van der Waals surface area contributed by atoms with Gasteiger partial charge in [-0.05, 0) is 39.3 Å². The Kier molecular flexibility index (Phi) is 4.22. The van der Waals surface area contributed by atoms with E-state index in [-0.39, 0.29) is 0 Å². The van der Waals surface area contributed by atoms with Gasteiger partial charge in [-0.1, -0.05) is 48.6 Å². The van der Waals surface area contributed by atoms with Crippen LogP contribution < -0.4 is 0 Å². The second kappa shape index (κ2) is 5.68. The Labute approximate surface area is 106 Å². The van der Waals surface area contributed by atoms with Crippen LogP contribution in [0.1, 0.15) is 48.8 Å². The summed E-state index contributed by atoms with van der Waals surface area (Å²) in [5.41, 5.74) is 4.24. The third-order valence-corrected chi connectivity index (χ3v) is 3.91. The van der Waals surface area contributed by atoms with E-state index in [4.69, 9.17) is 0 Å². The first kappa shape index (κ1) is 12.6. The first-order valence-electron chi connectivity index (χ1n) is 6.92. The lowest BCUT2D eigenvalue weighted by Crippen LogP contribution is -2.32. The van der Waals surface area contributed by atoms with E-state index >= 15 is 0 Å². The number of aryl methyl sites for hydroxylation is 2. The largest absolute Gasteiger partial charge is 0.299 e. The molecule has 1 nitrogen and oxygen atoms in total. The van der Waals surface area contributed by atoms with Gasteiger partial charge in [0.2, 0.25) is 0 Å². The molecule has 1 fully saturated rings. The van der Waals surface area contributed by atoms with Crippen LogP contribution in [-0.4, -0.2) is 18.0 Å². The molecule has 0 aliphatic heterocycles. The van der Waals surface area contributed by atoms with Crippen LogP contribution >= 0.6 is 0 Å². The molecule has 0 aromatic heterocycles. The van der Waals surface area contributed by atoms with Gasteiger partial charge in [-0.15, -0.1) is 0 Å². The van der Waals surface area contributed by atoms with Gasteiger partial charge in [0.05, 0.1) is 0 Å². The minimum absolute atomic E-state index is 0.810. The average Bonchev–Trinajstić information content (AvgIpc) is 2.28. The zero-order valence-electron chi connectivity index (χ0n) is 11.5. The van der Waals surface area contributed by atoms with Crippen LogP contribution in [0, 0.1) is 13.8 Å². The molecule has 0 heterocycles. The molecule has 0 atom stereocenters. The van der Waals surface area contributed by atoms with Crippen LogP contribution in [0.4, 0.5) is 0 Å². The maximum Gasteiger partial charge on any atom is 0.0233 e. The van der Waals surface area contributed by atoms with Crippen molar-refractivity contribution in [3.8, 4) is 0 Å². The van der Waals surface area contributed by atoms with Crippen molar-refractivity contribution in [2.75, 3.05) is 7.05 Å². The monoisotopic (exact) mass is 231 g/mol. The molecule has 0 saturated heterocycles. The molecular weight excluding hydrogens is 206 g/mol. The predicted octanol–water partition coefficient (Wildman–Crippen LogP) is 4.07. The second-order valence-electron chi connectivity index (χ2n) is 5.70. The fourth-order valence-electron chi connectivity index (χ4n) is 3.10. The molecule has 1 aliphatic carbocycles. The van der Waals surface area contributed by atoms with E-state index in [0.29, 0.717) is 0 Å². The number of rotatable bonds is 3. The van der Waals surface area contributed by atoms with E-state index in [0.717, 1.165) is 12.6 Å². The maximum absolute atomic E-state index is 2.55. The van der Waals surface area contributed by atoms with E-state index in [1.54, 1.807) is 0 Å². The standard InChI is InChI=1S/C16H25N/c1-13-9-14(2)11-15(10-13)12-17(3)16-7-5-4-6-8-16/h9-11,16H,4-8,12H2,1-3H3. The molecule has 94 valence electrons. The van der Waals surface area contributed by atoms with E-state index in [2.05, 4.69) is 44.0 Å². The first-order chi connectivity index (χ1) is 8.15. The fourth-order valence-corrected chi connectivity index (χ4v) is 3.10. The van der Waals surface area contributed by atoms with Gasteiger partial charge in [0.1, 0.15) is 0 Å². The molecule has 2 rings (SSSR count). The SMILES string of the molecule is Cc1cc(C)cc(CN(C)C2CCCCC2)c1. The van der Waals surface area contributed by atoms with Crippen molar-refractivity contribution in [1.82, 2.24) is 4.90 Å². The summed E-state index contributed by atoms with van der Waals surface area (Å²) >= 11 is 0. The molecule has 1 aromatic rings. The minimum Gasteiger partial charge on any atom is -0.299 e. The lowest BCUT2D eigenvalue weighted by Gasteiger charge is -2.31. The smallest absolute Gasteiger partial charge is 0.0233 e. The molecule has 0 N–H and O–H groups in total. The summed E-state index contributed by atoms with van der Waals surface area (Å²) in [7, 11) is 2.29. The first-order valence-corrected chi connectivity index (χ1v) is 6.92. The van der Waals surface area contributed by atoms with Gasteiger partial charge in [0.25, 0.3) is 0 Å². The average molecular weight is 231 g/mol. The van der Waals surface area contributed by atoms with Crippen molar-refractivity contribution >= 4 is 0 Å². The minimum atomic E-state index is 0.810. The van der Waals surface area contributed by atoms with Crippen molar-refractivity contribution in [3.63, 3.8) is 0 Å². The molecule has 1 aliphatic rings. The highest BCUT2D eigenvalue weighted by Gasteiger charge is 2.17. The summed E-state index contributed by atoms with van der Waals surface area (Å²) in [5.74, 6) is 0. The second-order valence-corrected chi connectivity index (χ2v) is 5.70. The molecule has 0 unspecified atom stereocenters. The molecule has 0 amide bonds. The summed E-state index contributed by atoms with van der Waals surface area (Å²) < 4.78 is 0. The van der Waals surface area contributed by atoms with Gasteiger partial charge in [-0.3, -0.25) is 4.90 Å². The molecule has 1 aromatic carbocycles. The Morgan fingerprint density at radius 1 is 1.00 bits per heavy atom. The Bertz CT molecular complexity index is 344. The van der Waals surface area contributed by atoms with Gasteiger partial charge >= 0.3 is 0 Å². The van der Waals surface area contributed by atoms with E-state index in [1.165, 1.54) is 48.8 Å². The summed E-state index contributed by atoms with van der Waals surface area (Å²) in [4.78, 5) is 2.55. The molecule has 1 heteroatoms. The van der Waals surface area contributed by atoms with Crippen molar-refractivity contribution in [2.45, 2.75) is 58.5 Å². The summed E-state index contributed by atoms with van der Waals surface area (Å²) in [6, 6.07) is 7.72. The molecule has 0 bridgehead atoms.